The van der Waals surface area contributed by atoms with E-state index in [0.29, 0.717) is 31.1 Å². The van der Waals surface area contributed by atoms with Gasteiger partial charge in [-0.1, -0.05) is 6.07 Å². The van der Waals surface area contributed by atoms with E-state index < -0.39 is 12.0 Å². The van der Waals surface area contributed by atoms with Crippen LogP contribution in [0.4, 0.5) is 0 Å². The Morgan fingerprint density at radius 1 is 1.30 bits per heavy atom. The number of rotatable bonds is 6. The molecule has 1 N–H and O–H groups in total. The molecule has 1 atom stereocenters. The average Bonchev–Trinajstić information content (AvgIpc) is 2.59. The predicted octanol–water partition coefficient (Wildman–Crippen LogP) is 0.948. The molecule has 1 heterocycles. The highest BCUT2D eigenvalue weighted by molar-refractivity contribution is 5.84. The summed E-state index contributed by atoms with van der Waals surface area (Å²) in [5.41, 5.74) is 0.927. The van der Waals surface area contributed by atoms with Gasteiger partial charge in [-0.3, -0.25) is 4.79 Å². The van der Waals surface area contributed by atoms with Gasteiger partial charge in [-0.05, 0) is 24.1 Å². The van der Waals surface area contributed by atoms with Crippen LogP contribution in [0.25, 0.3) is 0 Å². The second-order valence-corrected chi connectivity index (χ2v) is 5.21. The first-order valence-electron chi connectivity index (χ1n) is 7.37. The van der Waals surface area contributed by atoms with Crippen LogP contribution in [0.5, 0.6) is 11.5 Å². The van der Waals surface area contributed by atoms with Crippen molar-refractivity contribution in [1.82, 2.24) is 4.90 Å². The maximum atomic E-state index is 12.3. The summed E-state index contributed by atoms with van der Waals surface area (Å²) in [5.74, 6) is 0.00795. The summed E-state index contributed by atoms with van der Waals surface area (Å²) >= 11 is 0. The topological polar surface area (TPSA) is 85.3 Å². The molecular weight excluding hydrogens is 302 g/mol. The summed E-state index contributed by atoms with van der Waals surface area (Å²) < 4.78 is 15.5. The molecule has 0 aromatic heterocycles. The Kier molecular flexibility index (Phi) is 5.81. The van der Waals surface area contributed by atoms with Gasteiger partial charge in [0.1, 0.15) is 0 Å². The smallest absolute Gasteiger partial charge is 0.328 e. The van der Waals surface area contributed by atoms with Crippen molar-refractivity contribution in [3.05, 3.63) is 23.8 Å². The second kappa shape index (κ2) is 7.82. The van der Waals surface area contributed by atoms with Crippen molar-refractivity contribution >= 4 is 11.9 Å². The molecule has 2 rings (SSSR count). The van der Waals surface area contributed by atoms with Crippen molar-refractivity contribution in [2.24, 2.45) is 0 Å². The van der Waals surface area contributed by atoms with Gasteiger partial charge in [0.05, 0.1) is 27.4 Å². The first-order chi connectivity index (χ1) is 11.1. The van der Waals surface area contributed by atoms with Crippen LogP contribution in [0.15, 0.2) is 18.2 Å². The van der Waals surface area contributed by atoms with E-state index in [1.807, 2.05) is 12.1 Å². The number of hydrogen-bond donors (Lipinski definition) is 1. The normalized spacial score (nSPS) is 17.7. The van der Waals surface area contributed by atoms with Gasteiger partial charge >= 0.3 is 5.97 Å². The number of aryl methyl sites for hydroxylation is 1. The third-order valence-electron chi connectivity index (χ3n) is 3.81. The molecule has 1 aromatic rings. The van der Waals surface area contributed by atoms with Crippen LogP contribution in [-0.2, 0) is 20.7 Å². The Labute approximate surface area is 134 Å². The number of morpholine rings is 1. The molecule has 7 nitrogen and oxygen atoms in total. The Bertz CT molecular complexity index is 574. The van der Waals surface area contributed by atoms with Crippen molar-refractivity contribution in [3.63, 3.8) is 0 Å². The van der Waals surface area contributed by atoms with Crippen LogP contribution in [-0.4, -0.2) is 61.9 Å². The van der Waals surface area contributed by atoms with Crippen LogP contribution < -0.4 is 9.47 Å². The van der Waals surface area contributed by atoms with Crippen LogP contribution in [0.2, 0.25) is 0 Å². The zero-order valence-electron chi connectivity index (χ0n) is 13.3. The van der Waals surface area contributed by atoms with Gasteiger partial charge < -0.3 is 24.2 Å². The number of amides is 1. The number of carbonyl (C=O) groups is 2. The van der Waals surface area contributed by atoms with Crippen molar-refractivity contribution < 1.29 is 28.9 Å². The lowest BCUT2D eigenvalue weighted by Gasteiger charge is -2.32. The van der Waals surface area contributed by atoms with E-state index in [1.54, 1.807) is 20.3 Å². The molecule has 1 saturated heterocycles. The fraction of sp³-hybridized carbons (Fsp3) is 0.500. The number of benzene rings is 1. The summed E-state index contributed by atoms with van der Waals surface area (Å²) in [6, 6.07) is 4.57. The minimum atomic E-state index is -1.04. The number of methoxy groups -OCH3 is 2. The molecule has 0 spiro atoms. The summed E-state index contributed by atoms with van der Waals surface area (Å²) in [6.07, 6.45) is 0.738. The van der Waals surface area contributed by atoms with E-state index in [-0.39, 0.29) is 18.9 Å². The van der Waals surface area contributed by atoms with Gasteiger partial charge in [0.2, 0.25) is 5.91 Å². The SMILES string of the molecule is COc1ccc(CCC(=O)N2CCOCC2C(=O)O)cc1OC. The van der Waals surface area contributed by atoms with Gasteiger partial charge in [0.15, 0.2) is 17.5 Å². The number of aliphatic carboxylic acids is 1. The molecule has 0 saturated carbocycles. The minimum Gasteiger partial charge on any atom is -0.493 e. The first kappa shape index (κ1) is 17.1. The van der Waals surface area contributed by atoms with Crippen LogP contribution in [0.3, 0.4) is 0 Å². The van der Waals surface area contributed by atoms with Gasteiger partial charge in [0, 0.05) is 13.0 Å². The summed E-state index contributed by atoms with van der Waals surface area (Å²) in [4.78, 5) is 24.9. The minimum absolute atomic E-state index is 0.0391. The Morgan fingerprint density at radius 2 is 2.04 bits per heavy atom. The van der Waals surface area contributed by atoms with Gasteiger partial charge in [-0.2, -0.15) is 0 Å². The van der Waals surface area contributed by atoms with Crippen molar-refractivity contribution in [2.75, 3.05) is 34.0 Å². The lowest BCUT2D eigenvalue weighted by atomic mass is 10.1. The average molecular weight is 323 g/mol. The molecule has 1 aliphatic rings. The molecular formula is C16H21NO6. The number of carboxylic acids is 1. The number of hydrogen-bond acceptors (Lipinski definition) is 5. The zero-order chi connectivity index (χ0) is 16.8. The second-order valence-electron chi connectivity index (χ2n) is 5.21. The fourth-order valence-corrected chi connectivity index (χ4v) is 2.54. The largest absolute Gasteiger partial charge is 0.493 e. The lowest BCUT2D eigenvalue weighted by Crippen LogP contribution is -2.52. The van der Waals surface area contributed by atoms with Crippen LogP contribution >= 0.6 is 0 Å². The van der Waals surface area contributed by atoms with Gasteiger partial charge in [-0.15, -0.1) is 0 Å². The van der Waals surface area contributed by atoms with E-state index in [1.165, 1.54) is 4.90 Å². The molecule has 1 amide bonds. The van der Waals surface area contributed by atoms with E-state index >= 15 is 0 Å². The standard InChI is InChI=1S/C16H21NO6/c1-21-13-5-3-11(9-14(13)22-2)4-6-15(18)17-7-8-23-10-12(17)16(19)20/h3,5,9,12H,4,6-8,10H2,1-2H3,(H,19,20). The molecule has 7 heteroatoms. The Hall–Kier alpha value is -2.28. The third kappa shape index (κ3) is 4.13. The maximum Gasteiger partial charge on any atom is 0.328 e. The number of nitrogens with zero attached hydrogens (tertiary/aromatic N) is 1. The molecule has 1 unspecified atom stereocenters. The quantitative estimate of drug-likeness (QED) is 0.839. The molecule has 126 valence electrons. The molecule has 23 heavy (non-hydrogen) atoms. The fourth-order valence-electron chi connectivity index (χ4n) is 2.54. The van der Waals surface area contributed by atoms with E-state index in [2.05, 4.69) is 0 Å². The van der Waals surface area contributed by atoms with Gasteiger partial charge in [-0.25, -0.2) is 4.79 Å². The maximum absolute atomic E-state index is 12.3. The third-order valence-corrected chi connectivity index (χ3v) is 3.81. The van der Waals surface area contributed by atoms with E-state index in [4.69, 9.17) is 19.3 Å². The Morgan fingerprint density at radius 3 is 2.70 bits per heavy atom. The molecule has 1 fully saturated rings. The lowest BCUT2D eigenvalue weighted by molar-refractivity contribution is -0.158. The summed E-state index contributed by atoms with van der Waals surface area (Å²) in [7, 11) is 3.11. The molecule has 0 bridgehead atoms. The van der Waals surface area contributed by atoms with E-state index in [0.717, 1.165) is 5.56 Å². The monoisotopic (exact) mass is 323 g/mol. The van der Waals surface area contributed by atoms with Crippen molar-refractivity contribution in [2.45, 2.75) is 18.9 Å². The predicted molar refractivity (Wildman–Crippen MR) is 81.8 cm³/mol. The number of ether oxygens (including phenoxy) is 3. The molecule has 0 aliphatic carbocycles. The summed E-state index contributed by atoms with van der Waals surface area (Å²) in [5, 5.41) is 9.16. The summed E-state index contributed by atoms with van der Waals surface area (Å²) in [6.45, 7) is 0.713. The molecule has 1 aliphatic heterocycles. The van der Waals surface area contributed by atoms with Crippen molar-refractivity contribution in [3.8, 4) is 11.5 Å². The van der Waals surface area contributed by atoms with E-state index in [9.17, 15) is 9.59 Å². The number of carbonyl (C=O) groups excluding carboxylic acids is 1. The molecule has 1 aromatic carbocycles. The Balaban J connectivity index is 1.99. The highest BCUT2D eigenvalue weighted by Gasteiger charge is 2.32. The zero-order valence-corrected chi connectivity index (χ0v) is 13.3. The molecule has 0 radical (unpaired) electrons. The van der Waals surface area contributed by atoms with Crippen LogP contribution in [0.1, 0.15) is 12.0 Å². The van der Waals surface area contributed by atoms with Crippen LogP contribution in [0, 0.1) is 0 Å². The highest BCUT2D eigenvalue weighted by atomic mass is 16.5. The van der Waals surface area contributed by atoms with Gasteiger partial charge in [0.25, 0.3) is 0 Å². The number of carboxylic acid groups (broad SMARTS) is 1. The first-order valence-corrected chi connectivity index (χ1v) is 7.37. The highest BCUT2D eigenvalue weighted by Crippen LogP contribution is 2.28. The van der Waals surface area contributed by atoms with Crippen molar-refractivity contribution in [1.29, 1.82) is 0 Å².